The lowest BCUT2D eigenvalue weighted by molar-refractivity contribution is -0.159. The molecule has 4 nitrogen and oxygen atoms in total. The molecule has 1 amide bonds. The van der Waals surface area contributed by atoms with Crippen LogP contribution in [0, 0.1) is 12.3 Å². The molecule has 1 aliphatic carbocycles. The highest BCUT2D eigenvalue weighted by molar-refractivity contribution is 5.86. The van der Waals surface area contributed by atoms with Crippen molar-refractivity contribution in [1.29, 1.82) is 0 Å². The van der Waals surface area contributed by atoms with Crippen LogP contribution in [-0.2, 0) is 9.59 Å². The summed E-state index contributed by atoms with van der Waals surface area (Å²) in [7, 11) is 0. The molecule has 1 fully saturated rings. The van der Waals surface area contributed by atoms with Gasteiger partial charge in [-0.3, -0.25) is 9.59 Å². The van der Waals surface area contributed by atoms with Crippen molar-refractivity contribution in [2.24, 2.45) is 5.41 Å². The lowest BCUT2D eigenvalue weighted by atomic mass is 9.66. The number of nitrogens with zero attached hydrogens (tertiary/aromatic N) is 1. The zero-order valence-electron chi connectivity index (χ0n) is 13.5. The molecule has 0 radical (unpaired) electrons. The molecule has 122 valence electrons. The fourth-order valence-corrected chi connectivity index (χ4v) is 3.47. The van der Waals surface area contributed by atoms with Gasteiger partial charge in [0.25, 0.3) is 0 Å². The summed E-state index contributed by atoms with van der Waals surface area (Å²) >= 11 is 0. The minimum atomic E-state index is -0.815. The molecular weight excluding hydrogens is 290 g/mol. The summed E-state index contributed by atoms with van der Waals surface area (Å²) in [6.45, 7) is 3.33. The number of rotatable bonds is 4. The average Bonchev–Trinajstić information content (AvgIpc) is 2.50. The van der Waals surface area contributed by atoms with E-state index in [1.807, 2.05) is 0 Å². The van der Waals surface area contributed by atoms with Crippen molar-refractivity contribution in [1.82, 2.24) is 4.90 Å². The van der Waals surface area contributed by atoms with E-state index in [0.717, 1.165) is 12.8 Å². The Bertz CT molecular complexity index is 658. The van der Waals surface area contributed by atoms with Crippen LogP contribution < -0.4 is 0 Å². The number of amides is 1. The van der Waals surface area contributed by atoms with E-state index in [1.54, 1.807) is 4.90 Å². The molecule has 1 aromatic carbocycles. The topological polar surface area (TPSA) is 57.6 Å². The monoisotopic (exact) mass is 313 g/mol. The van der Waals surface area contributed by atoms with Gasteiger partial charge in [-0.05, 0) is 37.3 Å². The van der Waals surface area contributed by atoms with Gasteiger partial charge in [0, 0.05) is 19.5 Å². The second-order valence-electron chi connectivity index (χ2n) is 6.80. The van der Waals surface area contributed by atoms with Gasteiger partial charge in [-0.2, -0.15) is 0 Å². The van der Waals surface area contributed by atoms with Crippen LogP contribution in [0.25, 0.3) is 5.57 Å². The molecule has 0 saturated heterocycles. The average molecular weight is 313 g/mol. The minimum absolute atomic E-state index is 0.0216. The van der Waals surface area contributed by atoms with Gasteiger partial charge in [0.05, 0.1) is 5.41 Å². The Labute approximate surface area is 136 Å². The molecular formula is C19H23NO3. The quantitative estimate of drug-likeness (QED) is 0.928. The van der Waals surface area contributed by atoms with Crippen molar-refractivity contribution in [3.63, 3.8) is 0 Å². The lowest BCUT2D eigenvalue weighted by Crippen LogP contribution is -2.44. The minimum Gasteiger partial charge on any atom is -0.481 e. The summed E-state index contributed by atoms with van der Waals surface area (Å²) < 4.78 is 0. The number of carbonyl (C=O) groups excluding carboxylic acids is 1. The highest BCUT2D eigenvalue weighted by atomic mass is 16.4. The van der Waals surface area contributed by atoms with E-state index < -0.39 is 11.4 Å². The van der Waals surface area contributed by atoms with Crippen LogP contribution in [0.15, 0.2) is 30.3 Å². The molecule has 0 atom stereocenters. The number of hydrogen-bond donors (Lipinski definition) is 1. The first kappa shape index (κ1) is 15.8. The van der Waals surface area contributed by atoms with E-state index in [9.17, 15) is 14.7 Å². The van der Waals surface area contributed by atoms with Gasteiger partial charge < -0.3 is 10.0 Å². The maximum atomic E-state index is 12.4. The van der Waals surface area contributed by atoms with Crippen molar-refractivity contribution in [3.8, 4) is 0 Å². The summed E-state index contributed by atoms with van der Waals surface area (Å²) in [5, 5.41) is 9.37. The van der Waals surface area contributed by atoms with Crippen molar-refractivity contribution >= 4 is 17.4 Å². The van der Waals surface area contributed by atoms with Crippen LogP contribution in [0.4, 0.5) is 0 Å². The third-order valence-corrected chi connectivity index (χ3v) is 5.20. The Morgan fingerprint density at radius 1 is 1.30 bits per heavy atom. The second-order valence-corrected chi connectivity index (χ2v) is 6.80. The Kier molecular flexibility index (Phi) is 4.24. The lowest BCUT2D eigenvalue weighted by Gasteiger charge is -2.39. The van der Waals surface area contributed by atoms with Gasteiger partial charge in [-0.15, -0.1) is 0 Å². The van der Waals surface area contributed by atoms with E-state index in [2.05, 4.69) is 37.3 Å². The highest BCUT2D eigenvalue weighted by Crippen LogP contribution is 2.44. The fourth-order valence-electron chi connectivity index (χ4n) is 3.47. The molecule has 3 rings (SSSR count). The largest absolute Gasteiger partial charge is 0.481 e. The molecule has 0 aromatic heterocycles. The predicted octanol–water partition coefficient (Wildman–Crippen LogP) is 3.26. The van der Waals surface area contributed by atoms with Gasteiger partial charge in [-0.25, -0.2) is 0 Å². The summed E-state index contributed by atoms with van der Waals surface area (Å²) in [6, 6.07) is 8.39. The highest BCUT2D eigenvalue weighted by Gasteiger charge is 2.46. The zero-order chi connectivity index (χ0) is 16.4. The van der Waals surface area contributed by atoms with Crippen LogP contribution in [0.5, 0.6) is 0 Å². The van der Waals surface area contributed by atoms with Crippen molar-refractivity contribution in [2.45, 2.75) is 39.0 Å². The maximum absolute atomic E-state index is 12.4. The third-order valence-electron chi connectivity index (χ3n) is 5.20. The Morgan fingerprint density at radius 2 is 2.09 bits per heavy atom. The summed E-state index contributed by atoms with van der Waals surface area (Å²) in [5.41, 5.74) is 2.93. The normalized spacial score (nSPS) is 19.7. The molecule has 1 aromatic rings. The van der Waals surface area contributed by atoms with Crippen molar-refractivity contribution < 1.29 is 14.7 Å². The van der Waals surface area contributed by atoms with E-state index in [-0.39, 0.29) is 12.3 Å². The Balaban J connectivity index is 1.64. The second kappa shape index (κ2) is 6.19. The van der Waals surface area contributed by atoms with Crippen LogP contribution in [0.3, 0.4) is 0 Å². The summed E-state index contributed by atoms with van der Waals surface area (Å²) in [6.07, 6.45) is 5.26. The van der Waals surface area contributed by atoms with E-state index >= 15 is 0 Å². The number of aryl methyl sites for hydroxylation is 1. The van der Waals surface area contributed by atoms with Gasteiger partial charge in [-0.1, -0.05) is 42.3 Å². The summed E-state index contributed by atoms with van der Waals surface area (Å²) in [5.74, 6) is -0.836. The first-order valence-corrected chi connectivity index (χ1v) is 8.27. The Morgan fingerprint density at radius 3 is 2.61 bits per heavy atom. The zero-order valence-corrected chi connectivity index (χ0v) is 13.5. The number of carbonyl (C=O) groups is 2. The molecule has 1 heterocycles. The molecule has 0 unspecified atom stereocenters. The van der Waals surface area contributed by atoms with Crippen LogP contribution in [0.2, 0.25) is 0 Å². The number of carboxylic acids is 1. The first-order chi connectivity index (χ1) is 11.0. The first-order valence-electron chi connectivity index (χ1n) is 8.27. The van der Waals surface area contributed by atoms with Gasteiger partial charge in [0.1, 0.15) is 0 Å². The number of aliphatic carboxylic acids is 1. The Hall–Kier alpha value is -2.10. The molecule has 2 aliphatic rings. The number of benzene rings is 1. The van der Waals surface area contributed by atoms with Gasteiger partial charge >= 0.3 is 5.97 Å². The van der Waals surface area contributed by atoms with E-state index in [0.29, 0.717) is 25.9 Å². The SMILES string of the molecule is Cc1cccc(C2=CCN(C(=O)CC3(C(=O)O)CCC3)CC2)c1. The number of carboxylic acid groups (broad SMARTS) is 1. The number of hydrogen-bond acceptors (Lipinski definition) is 2. The molecule has 0 bridgehead atoms. The van der Waals surface area contributed by atoms with Gasteiger partial charge in [0.15, 0.2) is 0 Å². The maximum Gasteiger partial charge on any atom is 0.310 e. The van der Waals surface area contributed by atoms with E-state index in [4.69, 9.17) is 0 Å². The predicted molar refractivity (Wildman–Crippen MR) is 88.9 cm³/mol. The van der Waals surface area contributed by atoms with Crippen molar-refractivity contribution in [3.05, 3.63) is 41.5 Å². The standard InChI is InChI=1S/C19H23NO3/c1-14-4-2-5-16(12-14)15-6-10-20(11-7-15)17(21)13-19(18(22)23)8-3-9-19/h2,4-6,12H,3,7-11,13H2,1H3,(H,22,23). The fraction of sp³-hybridized carbons (Fsp3) is 0.474. The smallest absolute Gasteiger partial charge is 0.310 e. The molecule has 1 N–H and O–H groups in total. The van der Waals surface area contributed by atoms with Crippen LogP contribution in [0.1, 0.15) is 43.2 Å². The van der Waals surface area contributed by atoms with E-state index in [1.165, 1.54) is 16.7 Å². The molecule has 23 heavy (non-hydrogen) atoms. The van der Waals surface area contributed by atoms with Crippen LogP contribution >= 0.6 is 0 Å². The molecule has 4 heteroatoms. The summed E-state index contributed by atoms with van der Waals surface area (Å²) in [4.78, 5) is 25.6. The van der Waals surface area contributed by atoms with Crippen molar-refractivity contribution in [2.75, 3.05) is 13.1 Å². The molecule has 1 aliphatic heterocycles. The third kappa shape index (κ3) is 3.16. The van der Waals surface area contributed by atoms with Gasteiger partial charge in [0.2, 0.25) is 5.91 Å². The van der Waals surface area contributed by atoms with Crippen LogP contribution in [-0.4, -0.2) is 35.0 Å². The molecule has 0 spiro atoms. The molecule has 1 saturated carbocycles.